The lowest BCUT2D eigenvalue weighted by Gasteiger charge is -2.42. The molecule has 216 valence electrons. The highest BCUT2D eigenvalue weighted by molar-refractivity contribution is 6.34. The second-order valence-corrected chi connectivity index (χ2v) is 11.2. The molecule has 4 aliphatic rings. The van der Waals surface area contributed by atoms with Crippen molar-refractivity contribution in [2.75, 3.05) is 20.1 Å². The number of benzene rings is 1. The molecule has 1 aromatic rings. The van der Waals surface area contributed by atoms with Gasteiger partial charge >= 0.3 is 0 Å². The fourth-order valence-electron chi connectivity index (χ4n) is 5.59. The first-order chi connectivity index (χ1) is 19.0. The van der Waals surface area contributed by atoms with Crippen LogP contribution in [-0.4, -0.2) is 98.0 Å². The van der Waals surface area contributed by atoms with Crippen LogP contribution in [-0.2, 0) is 9.59 Å². The Balaban J connectivity index is 1.13. The molecule has 0 aromatic heterocycles. The van der Waals surface area contributed by atoms with Gasteiger partial charge in [0.2, 0.25) is 11.8 Å². The van der Waals surface area contributed by atoms with E-state index in [2.05, 4.69) is 5.32 Å². The Kier molecular flexibility index (Phi) is 8.55. The number of carbonyl (C=O) groups is 2. The highest BCUT2D eigenvalue weighted by Gasteiger charge is 2.52. The lowest BCUT2D eigenvalue weighted by Crippen LogP contribution is -2.58. The van der Waals surface area contributed by atoms with E-state index in [0.29, 0.717) is 53.8 Å². The third kappa shape index (κ3) is 5.65. The quantitative estimate of drug-likeness (QED) is 0.218. The number of hydrogen-bond acceptors (Lipinski definition) is 10. The summed E-state index contributed by atoms with van der Waals surface area (Å²) in [6, 6.07) is 3.95. The van der Waals surface area contributed by atoms with Gasteiger partial charge in [-0.25, -0.2) is 4.90 Å². The Morgan fingerprint density at radius 2 is 1.70 bits per heavy atom. The molecule has 13 heteroatoms. The van der Waals surface area contributed by atoms with Gasteiger partial charge in [-0.15, -0.1) is 0 Å². The number of carbonyl (C=O) groups excluding carboxylic acids is 2. The molecular weight excluding hydrogens is 563 g/mol. The maximum absolute atomic E-state index is 13.2. The van der Waals surface area contributed by atoms with E-state index >= 15 is 0 Å². The Morgan fingerprint density at radius 1 is 1.00 bits per heavy atom. The van der Waals surface area contributed by atoms with Crippen LogP contribution in [0.5, 0.6) is 5.75 Å². The van der Waals surface area contributed by atoms with Crippen molar-refractivity contribution in [2.24, 2.45) is 11.8 Å². The number of allylic oxidation sites excluding steroid dienone is 1. The van der Waals surface area contributed by atoms with Crippen LogP contribution < -0.4 is 10.1 Å². The highest BCUT2D eigenvalue weighted by Crippen LogP contribution is 2.37. The summed E-state index contributed by atoms with van der Waals surface area (Å²) in [5, 5.41) is 45.6. The predicted octanol–water partition coefficient (Wildman–Crippen LogP) is 0.974. The van der Waals surface area contributed by atoms with Crippen LogP contribution >= 0.6 is 23.2 Å². The zero-order valence-corrected chi connectivity index (χ0v) is 23.2. The second-order valence-electron chi connectivity index (χ2n) is 10.4. The van der Waals surface area contributed by atoms with Gasteiger partial charge in [0.05, 0.1) is 17.9 Å². The molecule has 1 aliphatic carbocycles. The molecule has 0 saturated carbocycles. The van der Waals surface area contributed by atoms with Gasteiger partial charge in [0, 0.05) is 34.9 Å². The highest BCUT2D eigenvalue weighted by atomic mass is 35.5. The van der Waals surface area contributed by atoms with Crippen LogP contribution in [0.4, 0.5) is 0 Å². The fraction of sp³-hybridized carbons (Fsp3) is 0.481. The molecule has 2 saturated heterocycles. The van der Waals surface area contributed by atoms with Gasteiger partial charge in [0.25, 0.3) is 0 Å². The maximum atomic E-state index is 13.2. The minimum absolute atomic E-state index is 0.167. The molecule has 11 nitrogen and oxygen atoms in total. The number of halogens is 2. The molecular formula is C27H32Cl2N4O7. The predicted molar refractivity (Wildman–Crippen MR) is 145 cm³/mol. The lowest BCUT2D eigenvalue weighted by atomic mass is 9.90. The van der Waals surface area contributed by atoms with Crippen molar-refractivity contribution in [3.05, 3.63) is 64.0 Å². The van der Waals surface area contributed by atoms with Crippen molar-refractivity contribution in [1.29, 1.82) is 0 Å². The molecule has 7 unspecified atom stereocenters. The molecule has 0 bridgehead atoms. The van der Waals surface area contributed by atoms with E-state index in [0.717, 1.165) is 4.90 Å². The van der Waals surface area contributed by atoms with Gasteiger partial charge in [-0.05, 0) is 56.7 Å². The first-order valence-electron chi connectivity index (χ1n) is 13.1. The number of amides is 2. The van der Waals surface area contributed by atoms with Gasteiger partial charge in [-0.1, -0.05) is 29.3 Å². The van der Waals surface area contributed by atoms with E-state index in [1.165, 1.54) is 15.9 Å². The molecule has 2 amide bonds. The van der Waals surface area contributed by atoms with E-state index in [1.807, 2.05) is 0 Å². The summed E-state index contributed by atoms with van der Waals surface area (Å²) in [4.78, 5) is 30.3. The SMILES string of the molecule is CN1C(O)CCC(N2C(=O)C3C=CC(NCCCN4C(O)C=C(Oc5cc(Cl)cc(Cl)c5)C4O)=CC3C2=O)C1O. The van der Waals surface area contributed by atoms with Crippen LogP contribution in [0.25, 0.3) is 0 Å². The first-order valence-corrected chi connectivity index (χ1v) is 13.9. The van der Waals surface area contributed by atoms with Crippen LogP contribution in [0.2, 0.25) is 10.0 Å². The van der Waals surface area contributed by atoms with Crippen molar-refractivity contribution in [3.63, 3.8) is 0 Å². The number of piperidine rings is 1. The number of likely N-dealkylation sites (N-methyl/N-ethyl adjacent to an activating group) is 1. The topological polar surface area (TPSA) is 146 Å². The summed E-state index contributed by atoms with van der Waals surface area (Å²) in [7, 11) is 1.56. The molecule has 5 rings (SSSR count). The van der Waals surface area contributed by atoms with Crippen LogP contribution in [0.3, 0.4) is 0 Å². The van der Waals surface area contributed by atoms with Gasteiger partial charge in [0.1, 0.15) is 30.2 Å². The van der Waals surface area contributed by atoms with Crippen molar-refractivity contribution in [2.45, 2.75) is 50.2 Å². The Hall–Kier alpha value is -2.48. The average molecular weight is 595 g/mol. The van der Waals surface area contributed by atoms with Crippen molar-refractivity contribution >= 4 is 35.0 Å². The number of likely N-dealkylation sites (tertiary alicyclic amines) is 2. The summed E-state index contributed by atoms with van der Waals surface area (Å²) in [6.45, 7) is 0.807. The van der Waals surface area contributed by atoms with E-state index in [1.54, 1.807) is 43.5 Å². The van der Waals surface area contributed by atoms with Crippen molar-refractivity contribution in [3.8, 4) is 5.75 Å². The van der Waals surface area contributed by atoms with E-state index in [4.69, 9.17) is 27.9 Å². The molecule has 3 aliphatic heterocycles. The number of aliphatic hydroxyl groups excluding tert-OH is 4. The minimum Gasteiger partial charge on any atom is -0.458 e. The third-order valence-electron chi connectivity index (χ3n) is 7.77. The van der Waals surface area contributed by atoms with Gasteiger partial charge in [-0.3, -0.25) is 19.4 Å². The molecule has 1 aromatic carbocycles. The Bertz CT molecular complexity index is 1240. The number of rotatable bonds is 8. The molecule has 0 spiro atoms. The first kappa shape index (κ1) is 29.0. The molecule has 3 heterocycles. The van der Waals surface area contributed by atoms with E-state index in [9.17, 15) is 30.0 Å². The van der Waals surface area contributed by atoms with Crippen molar-refractivity contribution < 1.29 is 34.8 Å². The largest absolute Gasteiger partial charge is 0.458 e. The van der Waals surface area contributed by atoms with Gasteiger partial charge < -0.3 is 30.5 Å². The van der Waals surface area contributed by atoms with Crippen molar-refractivity contribution in [1.82, 2.24) is 20.0 Å². The molecule has 2 fully saturated rings. The number of ether oxygens (including phenoxy) is 1. The summed E-state index contributed by atoms with van der Waals surface area (Å²) in [5.74, 6) is -1.51. The second kappa shape index (κ2) is 11.8. The number of aliphatic hydroxyl groups is 4. The average Bonchev–Trinajstić information content (AvgIpc) is 3.31. The Labute approximate surface area is 241 Å². The number of nitrogens with zero attached hydrogens (tertiary/aromatic N) is 3. The van der Waals surface area contributed by atoms with Crippen LogP contribution in [0, 0.1) is 11.8 Å². The summed E-state index contributed by atoms with van der Waals surface area (Å²) in [6.07, 6.45) is 3.64. The number of hydrogen-bond donors (Lipinski definition) is 5. The maximum Gasteiger partial charge on any atom is 0.237 e. The molecule has 7 atom stereocenters. The monoisotopic (exact) mass is 594 g/mol. The minimum atomic E-state index is -1.16. The molecule has 0 radical (unpaired) electrons. The smallest absolute Gasteiger partial charge is 0.237 e. The standard InChI is InChI=1S/C27H32Cl2N4O7/c1-31-22(34)6-5-20(26(31)38)33-24(36)18-4-3-16(12-19(18)25(33)37)30-7-2-8-32-23(35)13-21(27(32)39)40-17-10-14(28)9-15(29)11-17/h3-4,9-13,18-20,22-23,26-27,30,34-35,38-39H,2,5-8H2,1H3. The summed E-state index contributed by atoms with van der Waals surface area (Å²) in [5.41, 5.74) is 0.684. The molecule has 40 heavy (non-hydrogen) atoms. The van der Waals surface area contributed by atoms with Crippen LogP contribution in [0.15, 0.2) is 54.0 Å². The Morgan fingerprint density at radius 3 is 2.42 bits per heavy atom. The van der Waals surface area contributed by atoms with E-state index in [-0.39, 0.29) is 17.6 Å². The summed E-state index contributed by atoms with van der Waals surface area (Å²) < 4.78 is 5.69. The lowest BCUT2D eigenvalue weighted by molar-refractivity contribution is -0.170. The van der Waals surface area contributed by atoms with Gasteiger partial charge in [0.15, 0.2) is 6.23 Å². The number of fused-ring (bicyclic) bond motifs is 1. The number of nitrogens with one attached hydrogen (secondary N) is 1. The fourth-order valence-corrected chi connectivity index (χ4v) is 6.10. The molecule has 5 N–H and O–H groups in total. The van der Waals surface area contributed by atoms with Crippen LogP contribution in [0.1, 0.15) is 19.3 Å². The third-order valence-corrected chi connectivity index (χ3v) is 8.21. The van der Waals surface area contributed by atoms with Gasteiger partial charge in [-0.2, -0.15) is 0 Å². The number of imide groups is 1. The van der Waals surface area contributed by atoms with E-state index < -0.39 is 42.8 Å². The zero-order valence-electron chi connectivity index (χ0n) is 21.7. The zero-order chi connectivity index (χ0) is 28.7. The normalized spacial score (nSPS) is 32.8. The summed E-state index contributed by atoms with van der Waals surface area (Å²) >= 11 is 12.0.